The van der Waals surface area contributed by atoms with Crippen LogP contribution >= 0.6 is 0 Å². The van der Waals surface area contributed by atoms with Gasteiger partial charge in [0.2, 0.25) is 0 Å². The summed E-state index contributed by atoms with van der Waals surface area (Å²) < 4.78 is 29.2. The molecule has 0 saturated carbocycles. The van der Waals surface area contributed by atoms with Crippen LogP contribution in [0.3, 0.4) is 0 Å². The zero-order valence-electron chi connectivity index (χ0n) is 14.5. The van der Waals surface area contributed by atoms with Gasteiger partial charge in [0, 0.05) is 18.8 Å². The highest BCUT2D eigenvalue weighted by Crippen LogP contribution is 2.26. The van der Waals surface area contributed by atoms with Gasteiger partial charge < -0.3 is 5.32 Å². The maximum absolute atomic E-state index is 12.6. The number of hydrogen-bond acceptors (Lipinski definition) is 6. The number of para-hydroxylation sites is 2. The molecule has 0 aliphatic heterocycles. The predicted octanol–water partition coefficient (Wildman–Crippen LogP) is 2.37. The van der Waals surface area contributed by atoms with Gasteiger partial charge in [0.1, 0.15) is 4.90 Å². The molecule has 0 spiro atoms. The van der Waals surface area contributed by atoms with Crippen LogP contribution in [0.2, 0.25) is 0 Å². The van der Waals surface area contributed by atoms with Crippen molar-refractivity contribution >= 4 is 32.7 Å². The molecule has 2 heterocycles. The summed E-state index contributed by atoms with van der Waals surface area (Å²) in [6.45, 7) is 5.88. The zero-order chi connectivity index (χ0) is 18.2. The van der Waals surface area contributed by atoms with E-state index in [0.717, 1.165) is 0 Å². The van der Waals surface area contributed by atoms with E-state index in [0.29, 0.717) is 16.9 Å². The van der Waals surface area contributed by atoms with Gasteiger partial charge in [-0.05, 0) is 32.9 Å². The van der Waals surface area contributed by atoms with Crippen LogP contribution in [0.25, 0.3) is 11.0 Å². The summed E-state index contributed by atoms with van der Waals surface area (Å²) in [5.74, 6) is 0.524. The molecule has 3 rings (SSSR count). The first-order valence-electron chi connectivity index (χ1n) is 7.70. The number of rotatable bonds is 4. The summed E-state index contributed by atoms with van der Waals surface area (Å²) in [6, 6.07) is 7.30. The van der Waals surface area contributed by atoms with Gasteiger partial charge in [0.05, 0.1) is 17.2 Å². The van der Waals surface area contributed by atoms with Crippen LogP contribution in [0.15, 0.2) is 41.6 Å². The molecule has 1 aromatic carbocycles. The Hall–Kier alpha value is -2.68. The van der Waals surface area contributed by atoms with E-state index in [1.807, 2.05) is 39.0 Å². The van der Waals surface area contributed by atoms with Gasteiger partial charge in [-0.25, -0.2) is 18.4 Å². The largest absolute Gasteiger partial charge is 0.362 e. The minimum Gasteiger partial charge on any atom is -0.362 e. The molecule has 2 N–H and O–H groups in total. The Morgan fingerprint density at radius 3 is 2.16 bits per heavy atom. The van der Waals surface area contributed by atoms with E-state index >= 15 is 0 Å². The molecule has 8 nitrogen and oxygen atoms in total. The lowest BCUT2D eigenvalue weighted by molar-refractivity contribution is 0.600. The number of nitrogens with one attached hydrogen (secondary N) is 2. The molecule has 2 aromatic heterocycles. The lowest BCUT2D eigenvalue weighted by Crippen LogP contribution is -2.28. The first-order chi connectivity index (χ1) is 11.6. The maximum Gasteiger partial charge on any atom is 0.266 e. The highest BCUT2D eigenvalue weighted by atomic mass is 32.2. The van der Waals surface area contributed by atoms with Crippen molar-refractivity contribution in [3.05, 3.63) is 36.7 Å². The number of aryl methyl sites for hydroxylation is 1. The highest BCUT2D eigenvalue weighted by molar-refractivity contribution is 7.92. The number of sulfonamides is 1. The van der Waals surface area contributed by atoms with E-state index < -0.39 is 10.0 Å². The summed E-state index contributed by atoms with van der Waals surface area (Å²) in [6.07, 6.45) is 2.71. The quantitative estimate of drug-likeness (QED) is 0.741. The third kappa shape index (κ3) is 3.87. The molecule has 0 fully saturated rings. The number of nitrogens with zero attached hydrogens (tertiary/aromatic N) is 4. The Labute approximate surface area is 146 Å². The molecule has 25 heavy (non-hydrogen) atoms. The highest BCUT2D eigenvalue weighted by Gasteiger charge is 2.22. The molecule has 132 valence electrons. The molecule has 0 unspecified atom stereocenters. The molecule has 0 aliphatic carbocycles. The van der Waals surface area contributed by atoms with Crippen molar-refractivity contribution < 1.29 is 8.42 Å². The molecular formula is C16H20N6O2S. The Morgan fingerprint density at radius 2 is 1.64 bits per heavy atom. The van der Waals surface area contributed by atoms with Crippen molar-refractivity contribution in [1.29, 1.82) is 0 Å². The fourth-order valence-electron chi connectivity index (χ4n) is 2.24. The van der Waals surface area contributed by atoms with Crippen molar-refractivity contribution in [3.63, 3.8) is 0 Å². The molecule has 0 amide bonds. The first kappa shape index (κ1) is 17.2. The first-order valence-corrected chi connectivity index (χ1v) is 9.19. The van der Waals surface area contributed by atoms with Crippen molar-refractivity contribution in [2.75, 3.05) is 10.0 Å². The van der Waals surface area contributed by atoms with E-state index in [1.54, 1.807) is 13.1 Å². The fraction of sp³-hybridized carbons (Fsp3) is 0.312. The third-order valence-corrected chi connectivity index (χ3v) is 4.58. The van der Waals surface area contributed by atoms with Crippen molar-refractivity contribution in [1.82, 2.24) is 19.7 Å². The Kier molecular flexibility index (Phi) is 4.11. The van der Waals surface area contributed by atoms with Crippen LogP contribution in [0, 0.1) is 0 Å². The zero-order valence-corrected chi connectivity index (χ0v) is 15.3. The van der Waals surface area contributed by atoms with Crippen LogP contribution in [0.4, 0.5) is 11.6 Å². The van der Waals surface area contributed by atoms with Gasteiger partial charge in [-0.3, -0.25) is 9.40 Å². The monoisotopic (exact) mass is 360 g/mol. The van der Waals surface area contributed by atoms with Crippen molar-refractivity contribution in [2.45, 2.75) is 31.2 Å². The number of aromatic nitrogens is 4. The molecule has 0 saturated heterocycles. The van der Waals surface area contributed by atoms with Gasteiger partial charge in [-0.2, -0.15) is 5.10 Å². The molecule has 0 radical (unpaired) electrons. The molecule has 3 aromatic rings. The molecule has 0 atom stereocenters. The SMILES string of the molecule is Cn1cc(S(=O)(=O)Nc2nc3ccccc3nc2NC(C)(C)C)cn1. The third-order valence-electron chi connectivity index (χ3n) is 3.29. The summed E-state index contributed by atoms with van der Waals surface area (Å²) in [4.78, 5) is 9.02. The standard InChI is InChI=1S/C16H20N6O2S/c1-16(2,3)20-14-15(19-13-8-6-5-7-12(13)18-14)21-25(23,24)11-9-17-22(4)10-11/h5-10H,1-4H3,(H,18,20)(H,19,21). The van der Waals surface area contributed by atoms with E-state index in [1.165, 1.54) is 17.1 Å². The molecule has 9 heteroatoms. The normalized spacial score (nSPS) is 12.3. The minimum atomic E-state index is -3.82. The van der Waals surface area contributed by atoms with Crippen LogP contribution in [0.5, 0.6) is 0 Å². The Morgan fingerprint density at radius 1 is 1.04 bits per heavy atom. The van der Waals surface area contributed by atoms with Crippen molar-refractivity contribution in [2.24, 2.45) is 7.05 Å². The van der Waals surface area contributed by atoms with Crippen LogP contribution in [-0.2, 0) is 17.1 Å². The summed E-state index contributed by atoms with van der Waals surface area (Å²) in [5.41, 5.74) is 0.968. The average molecular weight is 360 g/mol. The second-order valence-corrected chi connectivity index (χ2v) is 8.42. The summed E-state index contributed by atoms with van der Waals surface area (Å²) in [5, 5.41) is 7.10. The average Bonchev–Trinajstić information content (AvgIpc) is 2.93. The van der Waals surface area contributed by atoms with Gasteiger partial charge in [-0.1, -0.05) is 12.1 Å². The second-order valence-electron chi connectivity index (χ2n) is 6.74. The lowest BCUT2D eigenvalue weighted by atomic mass is 10.1. The predicted molar refractivity (Wildman–Crippen MR) is 96.9 cm³/mol. The van der Waals surface area contributed by atoms with Gasteiger partial charge in [0.15, 0.2) is 11.6 Å². The number of fused-ring (bicyclic) bond motifs is 1. The maximum atomic E-state index is 12.6. The van der Waals surface area contributed by atoms with Gasteiger partial charge in [-0.15, -0.1) is 0 Å². The summed E-state index contributed by atoms with van der Waals surface area (Å²) in [7, 11) is -2.16. The Balaban J connectivity index is 2.08. The smallest absolute Gasteiger partial charge is 0.266 e. The van der Waals surface area contributed by atoms with Gasteiger partial charge in [0.25, 0.3) is 10.0 Å². The van der Waals surface area contributed by atoms with Gasteiger partial charge >= 0.3 is 0 Å². The van der Waals surface area contributed by atoms with E-state index in [4.69, 9.17) is 0 Å². The van der Waals surface area contributed by atoms with Crippen molar-refractivity contribution in [3.8, 4) is 0 Å². The number of anilines is 2. The van der Waals surface area contributed by atoms with Crippen LogP contribution in [0.1, 0.15) is 20.8 Å². The summed E-state index contributed by atoms with van der Waals surface area (Å²) >= 11 is 0. The number of hydrogen-bond donors (Lipinski definition) is 2. The fourth-order valence-corrected chi connectivity index (χ4v) is 3.23. The van der Waals surface area contributed by atoms with E-state index in [9.17, 15) is 8.42 Å². The second kappa shape index (κ2) is 5.99. The molecule has 0 bridgehead atoms. The van der Waals surface area contributed by atoms with E-state index in [2.05, 4.69) is 25.1 Å². The van der Waals surface area contributed by atoms with Crippen LogP contribution < -0.4 is 10.0 Å². The topological polar surface area (TPSA) is 102 Å². The minimum absolute atomic E-state index is 0.0617. The Bertz CT molecular complexity index is 1020. The number of benzene rings is 1. The van der Waals surface area contributed by atoms with E-state index in [-0.39, 0.29) is 16.3 Å². The van der Waals surface area contributed by atoms with Crippen LogP contribution in [-0.4, -0.2) is 33.7 Å². The molecular weight excluding hydrogens is 340 g/mol. The molecule has 0 aliphatic rings. The lowest BCUT2D eigenvalue weighted by Gasteiger charge is -2.23.